The van der Waals surface area contributed by atoms with Crippen molar-refractivity contribution >= 4 is 34.2 Å². The Balaban J connectivity index is 3.28. The van der Waals surface area contributed by atoms with Crippen molar-refractivity contribution in [3.05, 3.63) is 23.0 Å². The van der Waals surface area contributed by atoms with Crippen molar-refractivity contribution < 1.29 is 49.4 Å². The predicted octanol–water partition coefficient (Wildman–Crippen LogP) is 3.12. The summed E-state index contributed by atoms with van der Waals surface area (Å²) < 4.78 is 110. The molecular formula is C11H7F9IN3O2. The lowest BCUT2D eigenvalue weighted by molar-refractivity contribution is -0.209. The Morgan fingerprint density at radius 3 is 2.00 bits per heavy atom. The largest absolute Gasteiger partial charge is 0.433 e. The van der Waals surface area contributed by atoms with Crippen molar-refractivity contribution in [1.82, 2.24) is 10.3 Å². The molecule has 0 aromatic carbocycles. The normalized spacial score (nSPS) is 15.5. The maximum Gasteiger partial charge on any atom is 0.433 e. The van der Waals surface area contributed by atoms with E-state index in [0.29, 0.717) is 22.6 Å². The smallest absolute Gasteiger partial charge is 0.397 e. The molecule has 0 aliphatic carbocycles. The second-order valence-electron chi connectivity index (χ2n) is 4.76. The summed E-state index contributed by atoms with van der Waals surface area (Å²) in [6, 6.07) is -0.204. The number of halogens is 10. The number of nitrogen functional groups attached to an aromatic ring is 1. The lowest BCUT2D eigenvalue weighted by Gasteiger charge is -2.24. The van der Waals surface area contributed by atoms with Crippen LogP contribution >= 0.6 is 22.6 Å². The van der Waals surface area contributed by atoms with Crippen molar-refractivity contribution in [3.63, 3.8) is 0 Å². The molecule has 1 rings (SSSR count). The maximum absolute atomic E-state index is 12.8. The van der Waals surface area contributed by atoms with Gasteiger partial charge in [-0.25, -0.2) is 4.98 Å². The van der Waals surface area contributed by atoms with E-state index in [9.17, 15) is 44.3 Å². The summed E-state index contributed by atoms with van der Waals surface area (Å²) in [5.74, 6) is -1.74. The number of hydrogen-bond donors (Lipinski definition) is 3. The third-order valence-electron chi connectivity index (χ3n) is 2.76. The topological polar surface area (TPSA) is 88.2 Å². The molecule has 0 aliphatic rings. The number of nitrogens with zero attached hydrogens (tertiary/aromatic N) is 1. The monoisotopic (exact) mass is 511 g/mol. The lowest BCUT2D eigenvalue weighted by Crippen LogP contribution is -2.48. The average Bonchev–Trinajstić information content (AvgIpc) is 2.41. The second-order valence-corrected chi connectivity index (χ2v) is 6.54. The second kappa shape index (κ2) is 6.90. The average molecular weight is 511 g/mol. The molecule has 148 valence electrons. The highest BCUT2D eigenvalue weighted by molar-refractivity contribution is 14.1. The summed E-state index contributed by atoms with van der Waals surface area (Å²) in [4.78, 5) is 14.2. The van der Waals surface area contributed by atoms with Gasteiger partial charge >= 0.3 is 18.5 Å². The van der Waals surface area contributed by atoms with E-state index in [2.05, 4.69) is 4.98 Å². The third-order valence-corrected chi connectivity index (χ3v) is 3.75. The number of nitrogens with one attached hydrogen (secondary N) is 1. The number of alkyl halides is 10. The van der Waals surface area contributed by atoms with Crippen molar-refractivity contribution in [2.45, 2.75) is 22.1 Å². The molecule has 0 radical (unpaired) electrons. The van der Waals surface area contributed by atoms with Gasteiger partial charge in [-0.2, -0.15) is 39.5 Å². The van der Waals surface area contributed by atoms with Crippen molar-refractivity contribution in [2.24, 2.45) is 0 Å². The molecular weight excluding hydrogens is 504 g/mol. The molecule has 0 bridgehead atoms. The zero-order valence-electron chi connectivity index (χ0n) is 11.9. The van der Waals surface area contributed by atoms with E-state index in [1.807, 2.05) is 0 Å². The highest BCUT2D eigenvalue weighted by atomic mass is 127. The van der Waals surface area contributed by atoms with Crippen molar-refractivity contribution in [2.75, 3.05) is 12.3 Å². The Morgan fingerprint density at radius 2 is 1.62 bits per heavy atom. The molecule has 1 atom stereocenters. The van der Waals surface area contributed by atoms with Gasteiger partial charge in [0.15, 0.2) is 11.4 Å². The Kier molecular flexibility index (Phi) is 5.97. The first-order valence-corrected chi connectivity index (χ1v) is 7.17. The first-order valence-electron chi connectivity index (χ1n) is 6.09. The minimum absolute atomic E-state index is 0.204. The van der Waals surface area contributed by atoms with Crippen LogP contribution in [0.5, 0.6) is 0 Å². The highest BCUT2D eigenvalue weighted by Crippen LogP contribution is 2.40. The molecule has 1 heterocycles. The molecule has 1 aromatic rings. The molecule has 5 nitrogen and oxygen atoms in total. The summed E-state index contributed by atoms with van der Waals surface area (Å²) in [7, 11) is 0. The van der Waals surface area contributed by atoms with Gasteiger partial charge in [0.05, 0.1) is 17.8 Å². The first-order chi connectivity index (χ1) is 11.4. The SMILES string of the molecule is Nc1cc(C(F)(F)F)c(C(F)(F)F)nc1C(=O)NC[C@@](O)(I)C(F)(F)F. The van der Waals surface area contributed by atoms with Gasteiger partial charge in [-0.1, -0.05) is 0 Å². The van der Waals surface area contributed by atoms with Crippen LogP contribution < -0.4 is 11.1 Å². The van der Waals surface area contributed by atoms with E-state index in [1.54, 1.807) is 0 Å². The highest BCUT2D eigenvalue weighted by Gasteiger charge is 2.52. The van der Waals surface area contributed by atoms with E-state index in [-0.39, 0.29) is 6.07 Å². The van der Waals surface area contributed by atoms with Crippen LogP contribution in [0.2, 0.25) is 0 Å². The molecule has 1 aromatic heterocycles. The fourth-order valence-corrected chi connectivity index (χ4v) is 1.71. The molecule has 0 spiro atoms. The molecule has 0 saturated heterocycles. The number of anilines is 1. The van der Waals surface area contributed by atoms with Crippen LogP contribution in [0.4, 0.5) is 45.2 Å². The minimum atomic E-state index is -5.62. The number of carbonyl (C=O) groups is 1. The van der Waals surface area contributed by atoms with Crippen LogP contribution in [0.1, 0.15) is 21.7 Å². The van der Waals surface area contributed by atoms with Gasteiger partial charge in [-0.05, 0) is 28.7 Å². The molecule has 4 N–H and O–H groups in total. The van der Waals surface area contributed by atoms with Crippen LogP contribution in [-0.2, 0) is 12.4 Å². The standard InChI is InChI=1S/C11H7F9IN3O2/c12-9(13,14)3-1-4(22)5(24-6(3)10(15,16)17)7(25)23-2-8(21,26)11(18,19)20/h1,26H,2,22H2,(H,23,25)/t8-/m0/s1. The summed E-state index contributed by atoms with van der Waals surface area (Å²) in [6.07, 6.45) is -16.3. The van der Waals surface area contributed by atoms with Crippen LogP contribution in [-0.4, -0.2) is 32.3 Å². The quantitative estimate of drug-likeness (QED) is 0.331. The van der Waals surface area contributed by atoms with Gasteiger partial charge < -0.3 is 16.2 Å². The van der Waals surface area contributed by atoms with E-state index in [4.69, 9.17) is 10.8 Å². The van der Waals surface area contributed by atoms with Crippen LogP contribution in [0.3, 0.4) is 0 Å². The summed E-state index contributed by atoms with van der Waals surface area (Å²) in [6.45, 7) is -1.51. The summed E-state index contributed by atoms with van der Waals surface area (Å²) >= 11 is 0.515. The molecule has 0 aliphatic heterocycles. The lowest BCUT2D eigenvalue weighted by atomic mass is 10.1. The number of nitrogens with two attached hydrogens (primary N) is 1. The molecule has 0 fully saturated rings. The van der Waals surface area contributed by atoms with E-state index in [1.165, 1.54) is 5.32 Å². The van der Waals surface area contributed by atoms with E-state index < -0.39 is 57.2 Å². The maximum atomic E-state index is 12.8. The van der Waals surface area contributed by atoms with Crippen LogP contribution in [0.15, 0.2) is 6.07 Å². The predicted molar refractivity (Wildman–Crippen MR) is 76.0 cm³/mol. The zero-order chi connectivity index (χ0) is 20.7. The Hall–Kier alpha value is -1.52. The Morgan fingerprint density at radius 1 is 1.12 bits per heavy atom. The fourth-order valence-electron chi connectivity index (χ4n) is 1.52. The van der Waals surface area contributed by atoms with Gasteiger partial charge in [-0.15, -0.1) is 0 Å². The van der Waals surface area contributed by atoms with Gasteiger partial charge in [0.1, 0.15) is 0 Å². The fraction of sp³-hybridized carbons (Fsp3) is 0.455. The first kappa shape index (κ1) is 22.5. The van der Waals surface area contributed by atoms with Gasteiger partial charge in [-0.3, -0.25) is 4.79 Å². The van der Waals surface area contributed by atoms with E-state index >= 15 is 0 Å². The number of rotatable bonds is 3. The van der Waals surface area contributed by atoms with Gasteiger partial charge in [0.25, 0.3) is 5.91 Å². The molecule has 0 unspecified atom stereocenters. The molecule has 15 heteroatoms. The number of aromatic nitrogens is 1. The van der Waals surface area contributed by atoms with Gasteiger partial charge in [0.2, 0.25) is 3.61 Å². The minimum Gasteiger partial charge on any atom is -0.397 e. The van der Waals surface area contributed by atoms with Crippen molar-refractivity contribution in [1.29, 1.82) is 0 Å². The number of hydrogen-bond acceptors (Lipinski definition) is 4. The Labute approximate surface area is 151 Å². The van der Waals surface area contributed by atoms with Crippen LogP contribution in [0, 0.1) is 0 Å². The summed E-state index contributed by atoms with van der Waals surface area (Å²) in [5, 5.41) is 10.5. The molecule has 0 saturated carbocycles. The molecule has 26 heavy (non-hydrogen) atoms. The number of aliphatic hydroxyl groups is 1. The van der Waals surface area contributed by atoms with E-state index in [0.717, 1.165) is 0 Å². The zero-order valence-corrected chi connectivity index (χ0v) is 14.1. The number of carbonyl (C=O) groups excluding carboxylic acids is 1. The Bertz CT molecular complexity index is 698. The third kappa shape index (κ3) is 5.01. The molecule has 1 amide bonds. The van der Waals surface area contributed by atoms with Crippen molar-refractivity contribution in [3.8, 4) is 0 Å². The summed E-state index contributed by atoms with van der Waals surface area (Å²) in [5.41, 5.74) is -2.19. The van der Waals surface area contributed by atoms with Crippen LogP contribution in [0.25, 0.3) is 0 Å². The number of pyridine rings is 1. The number of amides is 1. The van der Waals surface area contributed by atoms with Gasteiger partial charge in [0, 0.05) is 0 Å².